The summed E-state index contributed by atoms with van der Waals surface area (Å²) in [4.78, 5) is 16.0. The minimum absolute atomic E-state index is 0.227. The Morgan fingerprint density at radius 1 is 1.23 bits per heavy atom. The van der Waals surface area contributed by atoms with E-state index in [1.807, 2.05) is 0 Å². The first-order valence-electron chi connectivity index (χ1n) is 7.63. The molecule has 2 rings (SSSR count). The molecule has 26 heavy (non-hydrogen) atoms. The number of amides is 1. The third kappa shape index (κ3) is 5.89. The normalized spacial score (nSPS) is 11.5. The number of aromatic nitrogens is 1. The molecule has 0 aliphatic carbocycles. The number of nitrogens with zero attached hydrogens (tertiary/aromatic N) is 1. The fourth-order valence-corrected chi connectivity index (χ4v) is 1.99. The first kappa shape index (κ1) is 19.5. The van der Waals surface area contributed by atoms with Crippen molar-refractivity contribution >= 4 is 17.7 Å². The fourth-order valence-electron chi connectivity index (χ4n) is 1.99. The molecule has 1 N–H and O–H groups in total. The van der Waals surface area contributed by atoms with Gasteiger partial charge in [-0.1, -0.05) is 12.1 Å². The van der Waals surface area contributed by atoms with E-state index < -0.39 is 17.6 Å². The molecule has 2 aromatic rings. The number of ether oxygens (including phenoxy) is 2. The summed E-state index contributed by atoms with van der Waals surface area (Å²) in [6.07, 6.45) is -0.486. The van der Waals surface area contributed by atoms with Gasteiger partial charge in [-0.15, -0.1) is 0 Å². The van der Waals surface area contributed by atoms with Crippen LogP contribution in [-0.2, 0) is 15.7 Å². The molecule has 0 fully saturated rings. The van der Waals surface area contributed by atoms with Crippen LogP contribution in [0.2, 0.25) is 0 Å². The summed E-state index contributed by atoms with van der Waals surface area (Å²) in [7, 11) is 1.53. The summed E-state index contributed by atoms with van der Waals surface area (Å²) in [5.41, 5.74) is -0.166. The molecule has 0 spiro atoms. The lowest BCUT2D eigenvalue weighted by atomic mass is 10.1. The third-order valence-corrected chi connectivity index (χ3v) is 3.20. The van der Waals surface area contributed by atoms with Crippen LogP contribution in [0.4, 0.5) is 18.9 Å². The zero-order valence-electron chi connectivity index (χ0n) is 13.9. The Bertz CT molecular complexity index is 776. The second kappa shape index (κ2) is 9.00. The van der Waals surface area contributed by atoms with Crippen molar-refractivity contribution in [2.45, 2.75) is 6.18 Å². The molecule has 0 unspecified atom stereocenters. The smallest absolute Gasteiger partial charge is 0.416 e. The number of methoxy groups -OCH3 is 1. The van der Waals surface area contributed by atoms with Crippen molar-refractivity contribution in [1.82, 2.24) is 4.98 Å². The predicted octanol–water partition coefficient (Wildman–Crippen LogP) is 3.78. The maximum atomic E-state index is 12.7. The zero-order valence-corrected chi connectivity index (χ0v) is 13.9. The van der Waals surface area contributed by atoms with Crippen molar-refractivity contribution in [2.24, 2.45) is 0 Å². The van der Waals surface area contributed by atoms with E-state index in [9.17, 15) is 18.0 Å². The molecule has 0 bridgehead atoms. The Balaban J connectivity index is 2.04. The van der Waals surface area contributed by atoms with Gasteiger partial charge in [0.2, 0.25) is 11.8 Å². The second-order valence-corrected chi connectivity index (χ2v) is 5.14. The molecule has 0 atom stereocenters. The Hall–Kier alpha value is -2.87. The Labute approximate surface area is 148 Å². The number of halogens is 3. The quantitative estimate of drug-likeness (QED) is 0.599. The van der Waals surface area contributed by atoms with Crippen LogP contribution in [0.15, 0.2) is 48.7 Å². The zero-order chi connectivity index (χ0) is 19.0. The summed E-state index contributed by atoms with van der Waals surface area (Å²) in [6.45, 7) is 0.621. The average molecular weight is 366 g/mol. The number of hydrogen-bond acceptors (Lipinski definition) is 4. The van der Waals surface area contributed by atoms with Crippen molar-refractivity contribution in [3.63, 3.8) is 0 Å². The van der Waals surface area contributed by atoms with Crippen LogP contribution in [0.5, 0.6) is 5.88 Å². The van der Waals surface area contributed by atoms with Gasteiger partial charge in [-0.25, -0.2) is 4.98 Å². The molecule has 1 amide bonds. The monoisotopic (exact) mass is 366 g/mol. The van der Waals surface area contributed by atoms with E-state index in [4.69, 9.17) is 9.47 Å². The molecule has 0 radical (unpaired) electrons. The van der Waals surface area contributed by atoms with Crippen LogP contribution in [0.1, 0.15) is 11.1 Å². The van der Waals surface area contributed by atoms with Gasteiger partial charge in [-0.2, -0.15) is 13.2 Å². The van der Waals surface area contributed by atoms with Gasteiger partial charge in [-0.3, -0.25) is 4.79 Å². The van der Waals surface area contributed by atoms with Gasteiger partial charge in [0.1, 0.15) is 12.3 Å². The molecule has 1 aromatic carbocycles. The molecule has 1 aromatic heterocycles. The topological polar surface area (TPSA) is 60.5 Å². The number of alkyl halides is 3. The lowest BCUT2D eigenvalue weighted by molar-refractivity contribution is -0.137. The van der Waals surface area contributed by atoms with E-state index in [0.29, 0.717) is 12.3 Å². The number of nitrogens with one attached hydrogen (secondary N) is 1. The molecule has 8 heteroatoms. The standard InChI is InChI=1S/C18H17F3N2O3/c1-25-10-11-26-17-15(6-3-9-22-17)23-16(24)8-7-13-4-2-5-14(12-13)18(19,20)21/h2-9,12H,10-11H2,1H3,(H,23,24)/b8-7+. The van der Waals surface area contributed by atoms with Crippen LogP contribution in [0.25, 0.3) is 6.08 Å². The molecular formula is C18H17F3N2O3. The van der Waals surface area contributed by atoms with E-state index in [1.165, 1.54) is 31.5 Å². The van der Waals surface area contributed by atoms with E-state index in [2.05, 4.69) is 10.3 Å². The maximum absolute atomic E-state index is 12.7. The van der Waals surface area contributed by atoms with E-state index in [0.717, 1.165) is 18.2 Å². The average Bonchev–Trinajstić information content (AvgIpc) is 2.61. The van der Waals surface area contributed by atoms with E-state index in [-0.39, 0.29) is 18.1 Å². The largest absolute Gasteiger partial charge is 0.474 e. The van der Waals surface area contributed by atoms with Gasteiger partial charge in [0.15, 0.2) is 0 Å². The minimum Gasteiger partial charge on any atom is -0.474 e. The number of anilines is 1. The Morgan fingerprint density at radius 3 is 2.77 bits per heavy atom. The molecule has 138 valence electrons. The molecular weight excluding hydrogens is 349 g/mol. The van der Waals surface area contributed by atoms with Crippen LogP contribution in [-0.4, -0.2) is 31.2 Å². The van der Waals surface area contributed by atoms with Gasteiger partial charge >= 0.3 is 6.18 Å². The number of pyridine rings is 1. The highest BCUT2D eigenvalue weighted by molar-refractivity contribution is 6.02. The lowest BCUT2D eigenvalue weighted by Crippen LogP contribution is -2.12. The van der Waals surface area contributed by atoms with E-state index in [1.54, 1.807) is 12.1 Å². The lowest BCUT2D eigenvalue weighted by Gasteiger charge is -2.10. The number of benzene rings is 1. The van der Waals surface area contributed by atoms with Crippen LogP contribution < -0.4 is 10.1 Å². The Morgan fingerprint density at radius 2 is 2.04 bits per heavy atom. The third-order valence-electron chi connectivity index (χ3n) is 3.20. The number of carbonyl (C=O) groups is 1. The van der Waals surface area contributed by atoms with Crippen molar-refractivity contribution < 1.29 is 27.4 Å². The van der Waals surface area contributed by atoms with Crippen LogP contribution in [0, 0.1) is 0 Å². The summed E-state index contributed by atoms with van der Waals surface area (Å²) in [5, 5.41) is 2.58. The van der Waals surface area contributed by atoms with Gasteiger partial charge in [0.25, 0.3) is 0 Å². The van der Waals surface area contributed by atoms with Gasteiger partial charge in [0, 0.05) is 19.4 Å². The molecule has 0 aliphatic heterocycles. The summed E-state index contributed by atoms with van der Waals surface area (Å²) in [6, 6.07) is 7.91. The minimum atomic E-state index is -4.43. The first-order chi connectivity index (χ1) is 12.4. The van der Waals surface area contributed by atoms with Gasteiger partial charge in [-0.05, 0) is 35.9 Å². The first-order valence-corrected chi connectivity index (χ1v) is 7.63. The van der Waals surface area contributed by atoms with Crippen LogP contribution >= 0.6 is 0 Å². The fraction of sp³-hybridized carbons (Fsp3) is 0.222. The molecule has 5 nitrogen and oxygen atoms in total. The number of carbonyl (C=O) groups excluding carboxylic acids is 1. The summed E-state index contributed by atoms with van der Waals surface area (Å²) < 4.78 is 48.3. The highest BCUT2D eigenvalue weighted by atomic mass is 19.4. The van der Waals surface area contributed by atoms with Crippen molar-refractivity contribution in [1.29, 1.82) is 0 Å². The predicted molar refractivity (Wildman–Crippen MR) is 90.7 cm³/mol. The highest BCUT2D eigenvalue weighted by Crippen LogP contribution is 2.29. The number of hydrogen-bond donors (Lipinski definition) is 1. The maximum Gasteiger partial charge on any atom is 0.416 e. The summed E-state index contributed by atoms with van der Waals surface area (Å²) >= 11 is 0. The Kier molecular flexibility index (Phi) is 6.74. The summed E-state index contributed by atoms with van der Waals surface area (Å²) in [5.74, 6) is -0.294. The molecule has 0 aliphatic rings. The van der Waals surface area contributed by atoms with Crippen molar-refractivity contribution in [3.05, 3.63) is 59.8 Å². The van der Waals surface area contributed by atoms with E-state index >= 15 is 0 Å². The van der Waals surface area contributed by atoms with Gasteiger partial charge < -0.3 is 14.8 Å². The van der Waals surface area contributed by atoms with Crippen LogP contribution in [0.3, 0.4) is 0 Å². The second-order valence-electron chi connectivity index (χ2n) is 5.14. The highest BCUT2D eigenvalue weighted by Gasteiger charge is 2.30. The molecule has 0 saturated carbocycles. The van der Waals surface area contributed by atoms with Gasteiger partial charge in [0.05, 0.1) is 12.2 Å². The number of rotatable bonds is 7. The molecule has 0 saturated heterocycles. The SMILES string of the molecule is COCCOc1ncccc1NC(=O)/C=C/c1cccc(C(F)(F)F)c1. The van der Waals surface area contributed by atoms with Crippen molar-refractivity contribution in [3.8, 4) is 5.88 Å². The molecule has 1 heterocycles. The van der Waals surface area contributed by atoms with Crippen molar-refractivity contribution in [2.75, 3.05) is 25.6 Å².